The van der Waals surface area contributed by atoms with E-state index in [9.17, 15) is 14.4 Å². The van der Waals surface area contributed by atoms with Crippen molar-refractivity contribution in [2.24, 2.45) is 0 Å². The van der Waals surface area contributed by atoms with Gasteiger partial charge in [-0.2, -0.15) is 0 Å². The maximum Gasteiger partial charge on any atom is 0.308 e. The van der Waals surface area contributed by atoms with Gasteiger partial charge in [0.2, 0.25) is 11.8 Å². The van der Waals surface area contributed by atoms with Gasteiger partial charge in [-0.1, -0.05) is 26.7 Å². The minimum absolute atomic E-state index is 0.135. The Morgan fingerprint density at radius 1 is 1.10 bits per heavy atom. The maximum atomic E-state index is 12.5. The summed E-state index contributed by atoms with van der Waals surface area (Å²) in [5.74, 6) is -1.05. The fraction of sp³-hybridized carbons (Fsp3) is 0.800. The fourth-order valence-electron chi connectivity index (χ4n) is 1.95. The Balaban J connectivity index is 4.88. The van der Waals surface area contributed by atoms with Crippen molar-refractivity contribution in [1.29, 1.82) is 0 Å². The van der Waals surface area contributed by atoms with Crippen LogP contribution in [0.4, 0.5) is 0 Å². The monoisotopic (exact) mass is 300 g/mol. The number of hydrogen-bond acceptors (Lipinski definition) is 4. The molecule has 1 N–H and O–H groups in total. The van der Waals surface area contributed by atoms with Gasteiger partial charge in [0.25, 0.3) is 0 Å². The van der Waals surface area contributed by atoms with Gasteiger partial charge in [-0.3, -0.25) is 14.4 Å². The third kappa shape index (κ3) is 8.32. The number of nitrogens with one attached hydrogen (secondary N) is 1. The highest BCUT2D eigenvalue weighted by Gasteiger charge is 2.27. The summed E-state index contributed by atoms with van der Waals surface area (Å²) >= 11 is 0. The SMILES string of the molecule is CCCCN(CCCC)C(=O)C(CC(=O)OC)NC(C)=O. The molecule has 1 atom stereocenters. The Hall–Kier alpha value is -1.59. The van der Waals surface area contributed by atoms with Gasteiger partial charge in [0, 0.05) is 20.0 Å². The molecule has 0 aromatic carbocycles. The van der Waals surface area contributed by atoms with Crippen molar-refractivity contribution in [3.05, 3.63) is 0 Å². The first-order valence-corrected chi connectivity index (χ1v) is 7.58. The number of unbranched alkanes of at least 4 members (excludes halogenated alkanes) is 2. The van der Waals surface area contributed by atoms with Gasteiger partial charge in [-0.05, 0) is 12.8 Å². The predicted octanol–water partition coefficient (Wildman–Crippen LogP) is 1.48. The van der Waals surface area contributed by atoms with Crippen LogP contribution >= 0.6 is 0 Å². The van der Waals surface area contributed by atoms with Crippen molar-refractivity contribution in [2.75, 3.05) is 20.2 Å². The van der Waals surface area contributed by atoms with E-state index in [1.165, 1.54) is 14.0 Å². The molecule has 0 heterocycles. The third-order valence-electron chi connectivity index (χ3n) is 3.15. The largest absolute Gasteiger partial charge is 0.469 e. The number of nitrogens with zero attached hydrogens (tertiary/aromatic N) is 1. The topological polar surface area (TPSA) is 75.7 Å². The van der Waals surface area contributed by atoms with Crippen LogP contribution < -0.4 is 5.32 Å². The second-order valence-electron chi connectivity index (χ2n) is 5.07. The number of carbonyl (C=O) groups excluding carboxylic acids is 3. The van der Waals surface area contributed by atoms with Crippen LogP contribution in [0.15, 0.2) is 0 Å². The van der Waals surface area contributed by atoms with Gasteiger partial charge < -0.3 is 15.0 Å². The predicted molar refractivity (Wildman–Crippen MR) is 80.6 cm³/mol. The molecule has 0 fully saturated rings. The summed E-state index contributed by atoms with van der Waals surface area (Å²) in [6, 6.07) is -0.844. The van der Waals surface area contributed by atoms with Crippen LogP contribution in [0.5, 0.6) is 0 Å². The highest BCUT2D eigenvalue weighted by Crippen LogP contribution is 2.06. The quantitative estimate of drug-likeness (QED) is 0.620. The van der Waals surface area contributed by atoms with Crippen LogP contribution in [0.2, 0.25) is 0 Å². The number of rotatable bonds is 10. The van der Waals surface area contributed by atoms with E-state index >= 15 is 0 Å². The van der Waals surface area contributed by atoms with Crippen LogP contribution in [-0.4, -0.2) is 48.9 Å². The van der Waals surface area contributed by atoms with Crippen LogP contribution in [0, 0.1) is 0 Å². The third-order valence-corrected chi connectivity index (χ3v) is 3.15. The molecule has 0 spiro atoms. The lowest BCUT2D eigenvalue weighted by Crippen LogP contribution is -2.49. The molecule has 0 aromatic heterocycles. The lowest BCUT2D eigenvalue weighted by atomic mass is 10.1. The normalized spacial score (nSPS) is 11.6. The molecule has 0 radical (unpaired) electrons. The number of hydrogen-bond donors (Lipinski definition) is 1. The van der Waals surface area contributed by atoms with Gasteiger partial charge >= 0.3 is 5.97 Å². The van der Waals surface area contributed by atoms with E-state index in [0.29, 0.717) is 13.1 Å². The van der Waals surface area contributed by atoms with Crippen LogP contribution in [0.3, 0.4) is 0 Å². The van der Waals surface area contributed by atoms with Crippen molar-refractivity contribution >= 4 is 17.8 Å². The molecular formula is C15H28N2O4. The Bertz CT molecular complexity index is 337. The van der Waals surface area contributed by atoms with E-state index in [1.807, 2.05) is 0 Å². The summed E-state index contributed by atoms with van der Waals surface area (Å²) in [6.45, 7) is 6.74. The van der Waals surface area contributed by atoms with E-state index in [2.05, 4.69) is 23.9 Å². The summed E-state index contributed by atoms with van der Waals surface area (Å²) in [7, 11) is 1.27. The number of esters is 1. The molecule has 0 aliphatic rings. The Morgan fingerprint density at radius 2 is 1.62 bits per heavy atom. The molecule has 122 valence electrons. The average Bonchev–Trinajstić information content (AvgIpc) is 2.45. The zero-order valence-corrected chi connectivity index (χ0v) is 13.6. The molecule has 6 nitrogen and oxygen atoms in total. The van der Waals surface area contributed by atoms with E-state index in [4.69, 9.17) is 0 Å². The van der Waals surface area contributed by atoms with Gasteiger partial charge in [0.05, 0.1) is 13.5 Å². The molecule has 21 heavy (non-hydrogen) atoms. The summed E-state index contributed by atoms with van der Waals surface area (Å²) in [6.07, 6.45) is 3.64. The van der Waals surface area contributed by atoms with E-state index < -0.39 is 12.0 Å². The standard InChI is InChI=1S/C15H28N2O4/c1-5-7-9-17(10-8-6-2)15(20)13(16-12(3)18)11-14(19)21-4/h13H,5-11H2,1-4H3,(H,16,18). The molecule has 6 heteroatoms. The number of methoxy groups -OCH3 is 1. The molecule has 0 saturated carbocycles. The summed E-state index contributed by atoms with van der Waals surface area (Å²) in [4.78, 5) is 36.9. The average molecular weight is 300 g/mol. The summed E-state index contributed by atoms with van der Waals surface area (Å²) in [5, 5.41) is 2.55. The van der Waals surface area contributed by atoms with Crippen molar-refractivity contribution in [3.63, 3.8) is 0 Å². The Kier molecular flexibility index (Phi) is 10.3. The molecule has 0 rings (SSSR count). The van der Waals surface area contributed by atoms with E-state index in [1.54, 1.807) is 4.90 Å². The molecule has 2 amide bonds. The van der Waals surface area contributed by atoms with Crippen molar-refractivity contribution in [3.8, 4) is 0 Å². The van der Waals surface area contributed by atoms with Crippen LogP contribution in [0.25, 0.3) is 0 Å². The number of ether oxygens (including phenoxy) is 1. The molecule has 0 saturated heterocycles. The number of carbonyl (C=O) groups is 3. The zero-order chi connectivity index (χ0) is 16.3. The smallest absolute Gasteiger partial charge is 0.308 e. The minimum Gasteiger partial charge on any atom is -0.469 e. The first-order valence-electron chi connectivity index (χ1n) is 7.58. The minimum atomic E-state index is -0.844. The van der Waals surface area contributed by atoms with Gasteiger partial charge in [0.15, 0.2) is 0 Å². The summed E-state index contributed by atoms with van der Waals surface area (Å²) < 4.78 is 4.59. The van der Waals surface area contributed by atoms with Gasteiger partial charge in [0.1, 0.15) is 6.04 Å². The number of amides is 2. The Morgan fingerprint density at radius 3 is 2.00 bits per heavy atom. The highest BCUT2D eigenvalue weighted by molar-refractivity contribution is 5.90. The van der Waals surface area contributed by atoms with E-state index in [0.717, 1.165) is 25.7 Å². The summed E-state index contributed by atoms with van der Waals surface area (Å²) in [5.41, 5.74) is 0. The van der Waals surface area contributed by atoms with Crippen LogP contribution in [-0.2, 0) is 19.1 Å². The molecule has 0 aliphatic heterocycles. The van der Waals surface area contributed by atoms with Gasteiger partial charge in [-0.25, -0.2) is 0 Å². The second kappa shape index (κ2) is 11.1. The zero-order valence-electron chi connectivity index (χ0n) is 13.6. The van der Waals surface area contributed by atoms with Gasteiger partial charge in [-0.15, -0.1) is 0 Å². The van der Waals surface area contributed by atoms with Crippen LogP contribution in [0.1, 0.15) is 52.9 Å². The lowest BCUT2D eigenvalue weighted by Gasteiger charge is -2.27. The van der Waals surface area contributed by atoms with Crippen molar-refractivity contribution in [1.82, 2.24) is 10.2 Å². The second-order valence-corrected chi connectivity index (χ2v) is 5.07. The molecular weight excluding hydrogens is 272 g/mol. The Labute approximate surface area is 127 Å². The van der Waals surface area contributed by atoms with E-state index in [-0.39, 0.29) is 18.2 Å². The lowest BCUT2D eigenvalue weighted by molar-refractivity contribution is -0.146. The maximum absolute atomic E-state index is 12.5. The molecule has 1 unspecified atom stereocenters. The molecule has 0 aliphatic carbocycles. The fourth-order valence-corrected chi connectivity index (χ4v) is 1.95. The first-order chi connectivity index (χ1) is 9.96. The molecule has 0 aromatic rings. The van der Waals surface area contributed by atoms with Crippen molar-refractivity contribution < 1.29 is 19.1 Å². The van der Waals surface area contributed by atoms with Crippen molar-refractivity contribution in [2.45, 2.75) is 58.9 Å². The molecule has 0 bridgehead atoms. The highest BCUT2D eigenvalue weighted by atomic mass is 16.5. The first kappa shape index (κ1) is 19.4.